The Morgan fingerprint density at radius 3 is 2.52 bits per heavy atom. The number of rotatable bonds is 2. The van der Waals surface area contributed by atoms with E-state index in [0.29, 0.717) is 13.1 Å². The molecule has 0 unspecified atom stereocenters. The van der Waals surface area contributed by atoms with Crippen molar-refractivity contribution < 1.29 is 14.3 Å². The maximum Gasteiger partial charge on any atom is 0.410 e. The first kappa shape index (κ1) is 17.3. The fraction of sp³-hybridized carbons (Fsp3) is 0.556. The Morgan fingerprint density at radius 1 is 1.26 bits per heavy atom. The van der Waals surface area contributed by atoms with Crippen molar-refractivity contribution in [3.63, 3.8) is 0 Å². The predicted octanol–water partition coefficient (Wildman–Crippen LogP) is 3.04. The predicted molar refractivity (Wildman–Crippen MR) is 88.9 cm³/mol. The summed E-state index contributed by atoms with van der Waals surface area (Å²) in [4.78, 5) is 28.2. The second-order valence-electron chi connectivity index (χ2n) is 7.05. The van der Waals surface area contributed by atoms with Crippen LogP contribution in [0, 0.1) is 0 Å². The van der Waals surface area contributed by atoms with Crippen LogP contribution in [0.4, 0.5) is 4.79 Å². The second kappa shape index (κ2) is 7.02. The first-order chi connectivity index (χ1) is 10.8. The van der Waals surface area contributed by atoms with Crippen LogP contribution in [-0.2, 0) is 16.1 Å². The second-order valence-corrected chi connectivity index (χ2v) is 7.05. The van der Waals surface area contributed by atoms with Gasteiger partial charge in [-0.3, -0.25) is 9.69 Å². The van der Waals surface area contributed by atoms with Gasteiger partial charge in [-0.1, -0.05) is 30.3 Å². The van der Waals surface area contributed by atoms with Crippen molar-refractivity contribution in [1.82, 2.24) is 9.80 Å². The maximum absolute atomic E-state index is 12.5. The SMILES string of the molecule is C[C@@H]1CCN(Cc2ccccc2)C(=O)CN1C(=O)OC(C)(C)C. The van der Waals surface area contributed by atoms with Gasteiger partial charge in [0.2, 0.25) is 5.91 Å². The monoisotopic (exact) mass is 318 g/mol. The topological polar surface area (TPSA) is 49.9 Å². The molecule has 1 aromatic carbocycles. The third kappa shape index (κ3) is 4.98. The average molecular weight is 318 g/mol. The molecule has 5 nitrogen and oxygen atoms in total. The highest BCUT2D eigenvalue weighted by Crippen LogP contribution is 2.18. The highest BCUT2D eigenvalue weighted by Gasteiger charge is 2.32. The smallest absolute Gasteiger partial charge is 0.410 e. The standard InChI is InChI=1S/C18H26N2O3/c1-14-10-11-19(12-15-8-6-5-7-9-15)16(21)13-20(14)17(22)23-18(2,3)4/h5-9,14H,10-13H2,1-4H3/t14-/m1/s1. The number of benzene rings is 1. The van der Waals surface area contributed by atoms with Gasteiger partial charge in [-0.15, -0.1) is 0 Å². The molecule has 1 heterocycles. The number of carbonyl (C=O) groups excluding carboxylic acids is 2. The lowest BCUT2D eigenvalue weighted by Gasteiger charge is -2.29. The van der Waals surface area contributed by atoms with E-state index in [1.54, 1.807) is 4.90 Å². The van der Waals surface area contributed by atoms with E-state index in [4.69, 9.17) is 4.74 Å². The molecule has 2 rings (SSSR count). The highest BCUT2D eigenvalue weighted by atomic mass is 16.6. The molecule has 5 heteroatoms. The fourth-order valence-corrected chi connectivity index (χ4v) is 2.56. The van der Waals surface area contributed by atoms with Gasteiger partial charge in [0.15, 0.2) is 0 Å². The van der Waals surface area contributed by atoms with Crippen LogP contribution in [-0.4, -0.2) is 46.5 Å². The summed E-state index contributed by atoms with van der Waals surface area (Å²) in [5, 5.41) is 0. The number of ether oxygens (including phenoxy) is 1. The van der Waals surface area contributed by atoms with Crippen molar-refractivity contribution >= 4 is 12.0 Å². The largest absolute Gasteiger partial charge is 0.444 e. The third-order valence-electron chi connectivity index (χ3n) is 3.85. The van der Waals surface area contributed by atoms with Crippen molar-refractivity contribution in [1.29, 1.82) is 0 Å². The van der Waals surface area contributed by atoms with Crippen molar-refractivity contribution in [3.05, 3.63) is 35.9 Å². The first-order valence-electron chi connectivity index (χ1n) is 8.07. The highest BCUT2D eigenvalue weighted by molar-refractivity contribution is 5.83. The molecule has 23 heavy (non-hydrogen) atoms. The van der Waals surface area contributed by atoms with Crippen molar-refractivity contribution in [3.8, 4) is 0 Å². The van der Waals surface area contributed by atoms with Crippen LogP contribution in [0.5, 0.6) is 0 Å². The molecule has 2 amide bonds. The van der Waals surface area contributed by atoms with Crippen molar-refractivity contribution in [2.24, 2.45) is 0 Å². The van der Waals surface area contributed by atoms with E-state index in [-0.39, 0.29) is 18.5 Å². The Bertz CT molecular complexity index is 551. The minimum atomic E-state index is -0.560. The number of nitrogens with zero attached hydrogens (tertiary/aromatic N) is 2. The molecule has 1 fully saturated rings. The van der Waals surface area contributed by atoms with E-state index in [9.17, 15) is 9.59 Å². The molecule has 0 aromatic heterocycles. The summed E-state index contributed by atoms with van der Waals surface area (Å²) in [5.41, 5.74) is 0.537. The third-order valence-corrected chi connectivity index (χ3v) is 3.85. The van der Waals surface area contributed by atoms with Crippen LogP contribution < -0.4 is 0 Å². The molecule has 1 aliphatic rings. The van der Waals surface area contributed by atoms with Gasteiger partial charge in [0.05, 0.1) is 0 Å². The van der Waals surface area contributed by atoms with Crippen LogP contribution >= 0.6 is 0 Å². The van der Waals surface area contributed by atoms with Gasteiger partial charge >= 0.3 is 6.09 Å². The summed E-state index contributed by atoms with van der Waals surface area (Å²) in [7, 11) is 0. The number of hydrogen-bond donors (Lipinski definition) is 0. The van der Waals surface area contributed by atoms with Gasteiger partial charge in [-0.25, -0.2) is 4.79 Å². The lowest BCUT2D eigenvalue weighted by Crippen LogP contribution is -2.44. The molecule has 0 spiro atoms. The molecule has 0 saturated carbocycles. The van der Waals surface area contributed by atoms with Gasteiger partial charge in [-0.05, 0) is 39.7 Å². The number of carbonyl (C=O) groups is 2. The van der Waals surface area contributed by atoms with Gasteiger partial charge in [0, 0.05) is 19.1 Å². The minimum Gasteiger partial charge on any atom is -0.444 e. The molecular weight excluding hydrogens is 292 g/mol. The lowest BCUT2D eigenvalue weighted by molar-refractivity contribution is -0.131. The molecule has 0 N–H and O–H groups in total. The van der Waals surface area contributed by atoms with E-state index >= 15 is 0 Å². The molecule has 1 aromatic rings. The average Bonchev–Trinajstić information content (AvgIpc) is 2.60. The Labute approximate surface area is 138 Å². The molecule has 0 radical (unpaired) electrons. The maximum atomic E-state index is 12.5. The Hall–Kier alpha value is -2.04. The minimum absolute atomic E-state index is 0.0189. The van der Waals surface area contributed by atoms with Gasteiger partial charge in [-0.2, -0.15) is 0 Å². The van der Waals surface area contributed by atoms with Gasteiger partial charge in [0.25, 0.3) is 0 Å². The molecule has 0 bridgehead atoms. The summed E-state index contributed by atoms with van der Waals surface area (Å²) in [5.74, 6) is -0.0379. The van der Waals surface area contributed by atoms with Crippen LogP contribution in [0.15, 0.2) is 30.3 Å². The van der Waals surface area contributed by atoms with Crippen LogP contribution in [0.3, 0.4) is 0 Å². The normalized spacial score (nSPS) is 19.5. The van der Waals surface area contributed by atoms with E-state index in [1.165, 1.54) is 0 Å². The van der Waals surface area contributed by atoms with E-state index < -0.39 is 11.7 Å². The zero-order valence-corrected chi connectivity index (χ0v) is 14.4. The molecular formula is C18H26N2O3. The Kier molecular flexibility index (Phi) is 5.29. The van der Waals surface area contributed by atoms with E-state index in [1.807, 2.05) is 62.9 Å². The molecule has 1 saturated heterocycles. The molecule has 126 valence electrons. The van der Waals surface area contributed by atoms with Gasteiger partial charge < -0.3 is 9.64 Å². The summed E-state index contributed by atoms with van der Waals surface area (Å²) < 4.78 is 5.42. The molecule has 1 aliphatic heterocycles. The zero-order chi connectivity index (χ0) is 17.0. The summed E-state index contributed by atoms with van der Waals surface area (Å²) >= 11 is 0. The van der Waals surface area contributed by atoms with Crippen molar-refractivity contribution in [2.75, 3.05) is 13.1 Å². The Morgan fingerprint density at radius 2 is 1.91 bits per heavy atom. The Balaban J connectivity index is 2.05. The zero-order valence-electron chi connectivity index (χ0n) is 14.4. The van der Waals surface area contributed by atoms with E-state index in [2.05, 4.69) is 0 Å². The van der Waals surface area contributed by atoms with Gasteiger partial charge in [0.1, 0.15) is 12.1 Å². The fourth-order valence-electron chi connectivity index (χ4n) is 2.56. The summed E-state index contributed by atoms with van der Waals surface area (Å²) in [6, 6.07) is 9.88. The van der Waals surface area contributed by atoms with Crippen LogP contribution in [0.25, 0.3) is 0 Å². The van der Waals surface area contributed by atoms with Crippen LogP contribution in [0.2, 0.25) is 0 Å². The summed E-state index contributed by atoms with van der Waals surface area (Å²) in [6.45, 7) is 8.75. The van der Waals surface area contributed by atoms with Crippen molar-refractivity contribution in [2.45, 2.75) is 52.3 Å². The van der Waals surface area contributed by atoms with Crippen LogP contribution in [0.1, 0.15) is 39.7 Å². The quantitative estimate of drug-likeness (QED) is 0.842. The molecule has 1 atom stereocenters. The number of hydrogen-bond acceptors (Lipinski definition) is 3. The lowest BCUT2D eigenvalue weighted by atomic mass is 10.2. The summed E-state index contributed by atoms with van der Waals surface area (Å²) in [6.07, 6.45) is 0.331. The number of amides is 2. The first-order valence-corrected chi connectivity index (χ1v) is 8.07. The van der Waals surface area contributed by atoms with E-state index in [0.717, 1.165) is 12.0 Å². The molecule has 0 aliphatic carbocycles.